The summed E-state index contributed by atoms with van der Waals surface area (Å²) in [5.41, 5.74) is 1.51. The Balaban J connectivity index is 2.03. The molecule has 0 bridgehead atoms. The highest BCUT2D eigenvalue weighted by atomic mass is 32.2. The Kier molecular flexibility index (Phi) is 5.11. The lowest BCUT2D eigenvalue weighted by atomic mass is 9.95. The van der Waals surface area contributed by atoms with Gasteiger partial charge in [-0.15, -0.1) is 0 Å². The van der Waals surface area contributed by atoms with E-state index in [9.17, 15) is 9.32 Å². The Hall–Kier alpha value is -1.68. The zero-order valence-corrected chi connectivity index (χ0v) is 14.3. The molecule has 122 valence electrons. The fourth-order valence-electron chi connectivity index (χ4n) is 3.27. The van der Waals surface area contributed by atoms with Crippen LogP contribution in [0, 0.1) is 0 Å². The van der Waals surface area contributed by atoms with Gasteiger partial charge >= 0.3 is 0 Å². The number of fused-ring (bicyclic) bond motifs is 1. The van der Waals surface area contributed by atoms with Crippen LogP contribution in [0.2, 0.25) is 0 Å². The van der Waals surface area contributed by atoms with Crippen LogP contribution in [0.25, 0.3) is 10.8 Å². The molecule has 3 nitrogen and oxygen atoms in total. The van der Waals surface area contributed by atoms with E-state index in [0.29, 0.717) is 11.8 Å². The van der Waals surface area contributed by atoms with Gasteiger partial charge in [-0.2, -0.15) is 0 Å². The predicted octanol–water partition coefficient (Wildman–Crippen LogP) is 4.05. The van der Waals surface area contributed by atoms with Crippen molar-refractivity contribution in [3.8, 4) is 5.75 Å². The second kappa shape index (κ2) is 7.26. The molecule has 1 fully saturated rings. The molecule has 1 unspecified atom stereocenters. The van der Waals surface area contributed by atoms with Crippen LogP contribution < -0.4 is 0 Å². The molecule has 1 saturated carbocycles. The lowest BCUT2D eigenvalue weighted by molar-refractivity contribution is 0.443. The Morgan fingerprint density at radius 1 is 1.17 bits per heavy atom. The average Bonchev–Trinajstić information content (AvgIpc) is 2.54. The fraction of sp³-hybridized carbons (Fsp3) is 0.421. The number of nitrogens with zero attached hydrogens (tertiary/aromatic N) is 1. The monoisotopic (exact) mass is 329 g/mol. The second-order valence-corrected chi connectivity index (χ2v) is 7.74. The minimum Gasteiger partial charge on any atom is -0.507 e. The fourth-order valence-corrected chi connectivity index (χ4v) is 3.88. The maximum absolute atomic E-state index is 11.8. The summed E-state index contributed by atoms with van der Waals surface area (Å²) in [7, 11) is -0.984. The molecule has 0 radical (unpaired) electrons. The molecule has 2 aromatic rings. The normalized spacial score (nSPS) is 18.2. The molecule has 0 amide bonds. The lowest BCUT2D eigenvalue weighted by Gasteiger charge is -2.20. The topological polar surface area (TPSA) is 49.7 Å². The van der Waals surface area contributed by atoms with Gasteiger partial charge in [-0.1, -0.05) is 43.5 Å². The summed E-state index contributed by atoms with van der Waals surface area (Å²) >= 11 is 0. The van der Waals surface area contributed by atoms with Gasteiger partial charge in [0.15, 0.2) is 0 Å². The number of hydrogen-bond donors (Lipinski definition) is 1. The third-order valence-electron chi connectivity index (χ3n) is 4.43. The summed E-state index contributed by atoms with van der Waals surface area (Å²) in [5, 5.41) is 12.5. The first kappa shape index (κ1) is 16.2. The molecule has 1 N–H and O–H groups in total. The summed E-state index contributed by atoms with van der Waals surface area (Å²) in [6.45, 7) is 0. The van der Waals surface area contributed by atoms with Crippen molar-refractivity contribution >= 4 is 27.3 Å². The van der Waals surface area contributed by atoms with Crippen LogP contribution in [0.5, 0.6) is 5.75 Å². The second-order valence-electron chi connectivity index (χ2n) is 6.30. The molecule has 0 heterocycles. The first-order chi connectivity index (χ1) is 11.1. The SMILES string of the molecule is CS(=O)CC(=NC1CCCCC1)c1cc2ccccc2cc1O. The van der Waals surface area contributed by atoms with E-state index >= 15 is 0 Å². The van der Waals surface area contributed by atoms with Gasteiger partial charge in [-0.05, 0) is 35.7 Å². The number of phenolic OH excluding ortho intramolecular Hbond substituents is 1. The van der Waals surface area contributed by atoms with Gasteiger partial charge in [0, 0.05) is 22.6 Å². The number of rotatable bonds is 4. The summed E-state index contributed by atoms with van der Waals surface area (Å²) in [5.74, 6) is 0.617. The van der Waals surface area contributed by atoms with E-state index in [1.807, 2.05) is 30.3 Å². The molecule has 1 aliphatic rings. The Morgan fingerprint density at radius 2 is 1.83 bits per heavy atom. The van der Waals surface area contributed by atoms with E-state index < -0.39 is 10.8 Å². The van der Waals surface area contributed by atoms with Crippen molar-refractivity contribution < 1.29 is 9.32 Å². The molecule has 0 aromatic heterocycles. The molecule has 0 aliphatic heterocycles. The summed E-state index contributed by atoms with van der Waals surface area (Å²) in [6.07, 6.45) is 7.57. The highest BCUT2D eigenvalue weighted by Crippen LogP contribution is 2.27. The first-order valence-electron chi connectivity index (χ1n) is 8.22. The van der Waals surface area contributed by atoms with Crippen molar-refractivity contribution in [3.05, 3.63) is 42.0 Å². The highest BCUT2D eigenvalue weighted by Gasteiger charge is 2.17. The van der Waals surface area contributed by atoms with Gasteiger partial charge < -0.3 is 5.11 Å². The smallest absolute Gasteiger partial charge is 0.125 e. The van der Waals surface area contributed by atoms with Crippen LogP contribution in [0.15, 0.2) is 41.4 Å². The molecule has 0 saturated heterocycles. The molecule has 23 heavy (non-hydrogen) atoms. The van der Waals surface area contributed by atoms with Crippen molar-refractivity contribution in [2.75, 3.05) is 12.0 Å². The van der Waals surface area contributed by atoms with Gasteiger partial charge in [0.25, 0.3) is 0 Å². The van der Waals surface area contributed by atoms with E-state index in [4.69, 9.17) is 4.99 Å². The van der Waals surface area contributed by atoms with Gasteiger partial charge in [0.05, 0.1) is 17.5 Å². The minimum atomic E-state index is -0.984. The molecule has 0 spiro atoms. The first-order valence-corrected chi connectivity index (χ1v) is 9.95. The standard InChI is InChI=1S/C19H23NO2S/c1-23(22)13-18(20-16-9-3-2-4-10-16)17-11-14-7-5-6-8-15(14)12-19(17)21/h5-8,11-12,16,21H,2-4,9-10,13H2,1H3. The lowest BCUT2D eigenvalue weighted by Crippen LogP contribution is -2.18. The Labute approximate surface area is 139 Å². The molecular weight excluding hydrogens is 306 g/mol. The molecular formula is C19H23NO2S. The number of aliphatic imine (C=N–C) groups is 1. The van der Waals surface area contributed by atoms with Crippen molar-refractivity contribution in [2.24, 2.45) is 4.99 Å². The number of hydrogen-bond acceptors (Lipinski definition) is 3. The zero-order chi connectivity index (χ0) is 16.2. The zero-order valence-electron chi connectivity index (χ0n) is 13.5. The van der Waals surface area contributed by atoms with E-state index in [2.05, 4.69) is 0 Å². The largest absolute Gasteiger partial charge is 0.507 e. The van der Waals surface area contributed by atoms with Crippen LogP contribution in [-0.4, -0.2) is 33.1 Å². The van der Waals surface area contributed by atoms with E-state index in [1.54, 1.807) is 12.3 Å². The van der Waals surface area contributed by atoms with Crippen molar-refractivity contribution in [1.82, 2.24) is 0 Å². The van der Waals surface area contributed by atoms with Crippen molar-refractivity contribution in [3.63, 3.8) is 0 Å². The number of benzene rings is 2. The molecule has 3 rings (SSSR count). The Bertz CT molecular complexity index is 748. The molecule has 4 heteroatoms. The van der Waals surface area contributed by atoms with Crippen LogP contribution in [0.1, 0.15) is 37.7 Å². The predicted molar refractivity (Wildman–Crippen MR) is 98.0 cm³/mol. The van der Waals surface area contributed by atoms with Gasteiger partial charge in [0.1, 0.15) is 5.75 Å². The molecule has 2 aromatic carbocycles. The van der Waals surface area contributed by atoms with Crippen LogP contribution in [0.3, 0.4) is 0 Å². The maximum Gasteiger partial charge on any atom is 0.125 e. The number of aromatic hydroxyl groups is 1. The molecule has 1 atom stereocenters. The van der Waals surface area contributed by atoms with E-state index in [0.717, 1.165) is 34.9 Å². The minimum absolute atomic E-state index is 0.226. The summed E-state index contributed by atoms with van der Waals surface area (Å²) in [6, 6.07) is 12.0. The average molecular weight is 329 g/mol. The highest BCUT2D eigenvalue weighted by molar-refractivity contribution is 7.85. The maximum atomic E-state index is 11.8. The molecule has 1 aliphatic carbocycles. The van der Waals surface area contributed by atoms with Crippen LogP contribution in [-0.2, 0) is 10.8 Å². The third kappa shape index (κ3) is 3.99. The Morgan fingerprint density at radius 3 is 2.48 bits per heavy atom. The summed E-state index contributed by atoms with van der Waals surface area (Å²) in [4.78, 5) is 4.88. The van der Waals surface area contributed by atoms with Crippen LogP contribution >= 0.6 is 0 Å². The van der Waals surface area contributed by atoms with Gasteiger partial charge in [-0.3, -0.25) is 9.20 Å². The third-order valence-corrected chi connectivity index (χ3v) is 5.11. The van der Waals surface area contributed by atoms with Crippen molar-refractivity contribution in [2.45, 2.75) is 38.1 Å². The van der Waals surface area contributed by atoms with Gasteiger partial charge in [0.2, 0.25) is 0 Å². The van der Waals surface area contributed by atoms with Gasteiger partial charge in [-0.25, -0.2) is 0 Å². The van der Waals surface area contributed by atoms with Crippen molar-refractivity contribution in [1.29, 1.82) is 0 Å². The van der Waals surface area contributed by atoms with Crippen LogP contribution in [0.4, 0.5) is 0 Å². The quantitative estimate of drug-likeness (QED) is 0.861. The summed E-state index contributed by atoms with van der Waals surface area (Å²) < 4.78 is 11.8. The van der Waals surface area contributed by atoms with E-state index in [1.165, 1.54) is 19.3 Å². The van der Waals surface area contributed by atoms with E-state index in [-0.39, 0.29) is 5.75 Å². The number of phenols is 1.